The maximum Gasteiger partial charge on any atom is 0.227 e. The maximum absolute atomic E-state index is 12.1. The Kier molecular flexibility index (Phi) is 4.05. The lowest BCUT2D eigenvalue weighted by Gasteiger charge is -2.44. The second kappa shape index (κ2) is 5.77. The van der Waals surface area contributed by atoms with Gasteiger partial charge in [-0.25, -0.2) is 4.98 Å². The van der Waals surface area contributed by atoms with Crippen LogP contribution in [-0.4, -0.2) is 41.5 Å². The number of hydrogen-bond acceptors (Lipinski definition) is 4. The highest BCUT2D eigenvalue weighted by Gasteiger charge is 2.34. The average Bonchev–Trinajstić information content (AvgIpc) is 2.87. The van der Waals surface area contributed by atoms with Crippen LogP contribution in [0.5, 0.6) is 0 Å². The molecule has 1 aromatic heterocycles. The van der Waals surface area contributed by atoms with Crippen LogP contribution in [0.2, 0.25) is 0 Å². The molecule has 4 nitrogen and oxygen atoms in total. The van der Waals surface area contributed by atoms with E-state index in [1.54, 1.807) is 0 Å². The molecule has 19 heavy (non-hydrogen) atoms. The summed E-state index contributed by atoms with van der Waals surface area (Å²) in [5.41, 5.74) is 0.859. The molecular formula is C13H18ClN3OS. The molecule has 3 aliphatic rings. The normalized spacial score (nSPS) is 29.4. The van der Waals surface area contributed by atoms with E-state index in [2.05, 4.69) is 15.2 Å². The molecule has 6 heteroatoms. The Labute approximate surface area is 122 Å². The van der Waals surface area contributed by atoms with E-state index in [0.29, 0.717) is 24.3 Å². The van der Waals surface area contributed by atoms with Gasteiger partial charge >= 0.3 is 0 Å². The van der Waals surface area contributed by atoms with Crippen molar-refractivity contribution in [1.82, 2.24) is 15.2 Å². The number of aromatic nitrogens is 1. The van der Waals surface area contributed by atoms with Crippen LogP contribution in [0.4, 0.5) is 0 Å². The first-order valence-corrected chi connectivity index (χ1v) is 8.17. The molecule has 3 fully saturated rings. The number of fused-ring (bicyclic) bond motifs is 3. The van der Waals surface area contributed by atoms with Crippen LogP contribution in [0, 0.1) is 5.92 Å². The quantitative estimate of drug-likeness (QED) is 0.860. The monoisotopic (exact) mass is 299 g/mol. The topological polar surface area (TPSA) is 45.2 Å². The van der Waals surface area contributed by atoms with Crippen molar-refractivity contribution in [2.24, 2.45) is 5.92 Å². The molecule has 1 aromatic rings. The standard InChI is InChI=1S/C13H18ClN3OS/c14-6-10-8-19-13(15-10)5-12(18)16-11-7-17-3-1-9(11)2-4-17/h8-9,11H,1-7H2,(H,16,18). The molecular weight excluding hydrogens is 282 g/mol. The predicted octanol–water partition coefficient (Wildman–Crippen LogP) is 1.63. The minimum absolute atomic E-state index is 0.0919. The highest BCUT2D eigenvalue weighted by molar-refractivity contribution is 7.09. The number of hydrogen-bond donors (Lipinski definition) is 1. The van der Waals surface area contributed by atoms with Gasteiger partial charge in [0.1, 0.15) is 5.01 Å². The van der Waals surface area contributed by atoms with Crippen molar-refractivity contribution in [2.45, 2.75) is 31.2 Å². The molecule has 0 aromatic carbocycles. The van der Waals surface area contributed by atoms with Crippen molar-refractivity contribution in [1.29, 1.82) is 0 Å². The van der Waals surface area contributed by atoms with Gasteiger partial charge in [0.05, 0.1) is 18.0 Å². The third-order valence-electron chi connectivity index (χ3n) is 4.05. The fourth-order valence-electron chi connectivity index (χ4n) is 3.02. The summed E-state index contributed by atoms with van der Waals surface area (Å²) in [6, 6.07) is 0.336. The van der Waals surface area contributed by atoms with Crippen LogP contribution >= 0.6 is 22.9 Å². The van der Waals surface area contributed by atoms with Gasteiger partial charge in [-0.3, -0.25) is 4.79 Å². The van der Waals surface area contributed by atoms with Crippen LogP contribution in [0.25, 0.3) is 0 Å². The molecule has 4 rings (SSSR count). The molecule has 3 aliphatic heterocycles. The minimum atomic E-state index is 0.0919. The summed E-state index contributed by atoms with van der Waals surface area (Å²) in [5.74, 6) is 1.18. The largest absolute Gasteiger partial charge is 0.351 e. The summed E-state index contributed by atoms with van der Waals surface area (Å²) in [4.78, 5) is 18.8. The fourth-order valence-corrected chi connectivity index (χ4v) is 4.04. The number of nitrogens with one attached hydrogen (secondary N) is 1. The molecule has 0 radical (unpaired) electrons. The van der Waals surface area contributed by atoms with Crippen molar-refractivity contribution in [3.63, 3.8) is 0 Å². The molecule has 1 N–H and O–H groups in total. The van der Waals surface area contributed by atoms with Gasteiger partial charge in [0.25, 0.3) is 0 Å². The Morgan fingerprint density at radius 1 is 1.53 bits per heavy atom. The van der Waals surface area contributed by atoms with Crippen molar-refractivity contribution < 1.29 is 4.79 Å². The van der Waals surface area contributed by atoms with E-state index in [4.69, 9.17) is 11.6 Å². The zero-order valence-electron chi connectivity index (χ0n) is 10.8. The third kappa shape index (κ3) is 3.09. The molecule has 0 aliphatic carbocycles. The van der Waals surface area contributed by atoms with Gasteiger partial charge in [0.15, 0.2) is 0 Å². The first-order chi connectivity index (χ1) is 9.24. The molecule has 1 unspecified atom stereocenters. The molecule has 1 amide bonds. The van der Waals surface area contributed by atoms with Crippen LogP contribution < -0.4 is 5.32 Å². The fraction of sp³-hybridized carbons (Fsp3) is 0.692. The second-order valence-corrected chi connectivity index (χ2v) is 6.56. The maximum atomic E-state index is 12.1. The smallest absolute Gasteiger partial charge is 0.227 e. The number of piperidine rings is 3. The Morgan fingerprint density at radius 3 is 2.89 bits per heavy atom. The molecule has 4 heterocycles. The Morgan fingerprint density at radius 2 is 2.32 bits per heavy atom. The SMILES string of the molecule is O=C(Cc1nc(CCl)cs1)NC1CN2CCC1CC2. The van der Waals surface area contributed by atoms with Gasteiger partial charge in [0.2, 0.25) is 5.91 Å². The van der Waals surface area contributed by atoms with Crippen molar-refractivity contribution in [3.05, 3.63) is 16.1 Å². The third-order valence-corrected chi connectivity index (χ3v) is 5.22. The van der Waals surface area contributed by atoms with Crippen LogP contribution in [-0.2, 0) is 17.1 Å². The Bertz CT molecular complexity index is 456. The molecule has 0 spiro atoms. The van der Waals surface area contributed by atoms with Gasteiger partial charge in [-0.15, -0.1) is 22.9 Å². The lowest BCUT2D eigenvalue weighted by Crippen LogP contribution is -2.57. The van der Waals surface area contributed by atoms with E-state index in [9.17, 15) is 4.79 Å². The van der Waals surface area contributed by atoms with Crippen molar-refractivity contribution >= 4 is 28.8 Å². The molecule has 3 saturated heterocycles. The Balaban J connectivity index is 1.53. The zero-order chi connectivity index (χ0) is 13.2. The number of alkyl halides is 1. The van der Waals surface area contributed by atoms with Crippen molar-refractivity contribution in [3.8, 4) is 0 Å². The summed E-state index contributed by atoms with van der Waals surface area (Å²) in [6.07, 6.45) is 2.82. The van der Waals surface area contributed by atoms with Gasteiger partial charge in [-0.2, -0.15) is 0 Å². The number of halogens is 1. The van der Waals surface area contributed by atoms with E-state index in [-0.39, 0.29) is 5.91 Å². The van der Waals surface area contributed by atoms with E-state index in [0.717, 1.165) is 17.2 Å². The van der Waals surface area contributed by atoms with Gasteiger partial charge in [0, 0.05) is 18.0 Å². The van der Waals surface area contributed by atoms with Crippen LogP contribution in [0.3, 0.4) is 0 Å². The summed E-state index contributed by atoms with van der Waals surface area (Å²) in [6.45, 7) is 3.41. The first-order valence-electron chi connectivity index (χ1n) is 6.75. The number of amides is 1. The summed E-state index contributed by atoms with van der Waals surface area (Å²) in [7, 11) is 0. The van der Waals surface area contributed by atoms with Crippen LogP contribution in [0.15, 0.2) is 5.38 Å². The number of thiazole rings is 1. The lowest BCUT2D eigenvalue weighted by atomic mass is 9.84. The van der Waals surface area contributed by atoms with Crippen molar-refractivity contribution in [2.75, 3.05) is 19.6 Å². The van der Waals surface area contributed by atoms with E-state index in [1.807, 2.05) is 5.38 Å². The zero-order valence-corrected chi connectivity index (χ0v) is 12.3. The summed E-state index contributed by atoms with van der Waals surface area (Å²) < 4.78 is 0. The summed E-state index contributed by atoms with van der Waals surface area (Å²) >= 11 is 7.23. The highest BCUT2D eigenvalue weighted by atomic mass is 35.5. The van der Waals surface area contributed by atoms with Crippen LogP contribution in [0.1, 0.15) is 23.5 Å². The van der Waals surface area contributed by atoms with Gasteiger partial charge < -0.3 is 10.2 Å². The summed E-state index contributed by atoms with van der Waals surface area (Å²) in [5, 5.41) is 5.96. The van der Waals surface area contributed by atoms with Gasteiger partial charge in [-0.1, -0.05) is 0 Å². The number of rotatable bonds is 4. The lowest BCUT2D eigenvalue weighted by molar-refractivity contribution is -0.122. The van der Waals surface area contributed by atoms with Gasteiger partial charge in [-0.05, 0) is 31.8 Å². The van der Waals surface area contributed by atoms with E-state index in [1.165, 1.54) is 37.3 Å². The first kappa shape index (κ1) is 13.3. The molecule has 0 saturated carbocycles. The minimum Gasteiger partial charge on any atom is -0.351 e. The highest BCUT2D eigenvalue weighted by Crippen LogP contribution is 2.27. The Hall–Kier alpha value is -0.650. The molecule has 104 valence electrons. The van der Waals surface area contributed by atoms with E-state index >= 15 is 0 Å². The number of carbonyl (C=O) groups excluding carboxylic acids is 1. The predicted molar refractivity (Wildman–Crippen MR) is 76.5 cm³/mol. The second-order valence-electron chi connectivity index (χ2n) is 5.36. The number of carbonyl (C=O) groups is 1. The average molecular weight is 300 g/mol. The molecule has 1 atom stereocenters. The molecule has 2 bridgehead atoms. The van der Waals surface area contributed by atoms with E-state index < -0.39 is 0 Å². The number of nitrogens with zero attached hydrogens (tertiary/aromatic N) is 2.